The van der Waals surface area contributed by atoms with E-state index in [9.17, 15) is 0 Å². The molecule has 0 amide bonds. The van der Waals surface area contributed by atoms with Crippen molar-refractivity contribution in [3.8, 4) is 11.5 Å². The zero-order chi connectivity index (χ0) is 14.7. The summed E-state index contributed by atoms with van der Waals surface area (Å²) in [4.78, 5) is 0. The minimum atomic E-state index is 0.333. The van der Waals surface area contributed by atoms with Gasteiger partial charge < -0.3 is 14.8 Å². The van der Waals surface area contributed by atoms with Gasteiger partial charge in [-0.05, 0) is 49.3 Å². The van der Waals surface area contributed by atoms with Gasteiger partial charge in [-0.3, -0.25) is 0 Å². The Kier molecular flexibility index (Phi) is 5.07. The van der Waals surface area contributed by atoms with Gasteiger partial charge in [0.1, 0.15) is 0 Å². The maximum absolute atomic E-state index is 5.46. The molecule has 1 aliphatic heterocycles. The van der Waals surface area contributed by atoms with Gasteiger partial charge in [0.05, 0.1) is 0 Å². The van der Waals surface area contributed by atoms with Crippen LogP contribution in [0.25, 0.3) is 0 Å². The van der Waals surface area contributed by atoms with Gasteiger partial charge in [-0.2, -0.15) is 0 Å². The monoisotopic (exact) mass is 353 g/mol. The van der Waals surface area contributed by atoms with Gasteiger partial charge in [-0.1, -0.05) is 35.7 Å². The average Bonchev–Trinajstić information content (AvgIpc) is 2.93. The molecule has 0 radical (unpaired) electrons. The van der Waals surface area contributed by atoms with Crippen molar-refractivity contribution in [1.29, 1.82) is 0 Å². The maximum Gasteiger partial charge on any atom is 0.231 e. The second kappa shape index (κ2) is 7.01. The molecule has 0 spiro atoms. The summed E-state index contributed by atoms with van der Waals surface area (Å²) in [5.41, 5.74) is 1.25. The van der Waals surface area contributed by atoms with E-state index in [1.54, 1.807) is 0 Å². The van der Waals surface area contributed by atoms with Crippen LogP contribution in [-0.4, -0.2) is 12.8 Å². The molecule has 0 atom stereocenters. The van der Waals surface area contributed by atoms with Gasteiger partial charge in [0.25, 0.3) is 0 Å². The van der Waals surface area contributed by atoms with Crippen LogP contribution < -0.4 is 14.8 Å². The first kappa shape index (κ1) is 15.2. The van der Waals surface area contributed by atoms with Gasteiger partial charge in [0.15, 0.2) is 11.5 Å². The number of ether oxygens (including phenoxy) is 2. The Morgan fingerprint density at radius 3 is 2.57 bits per heavy atom. The Bertz CT molecular complexity index is 484. The highest BCUT2D eigenvalue weighted by atomic mass is 79.9. The molecule has 1 aromatic carbocycles. The molecule has 4 heteroatoms. The van der Waals surface area contributed by atoms with Crippen LogP contribution in [0.2, 0.25) is 0 Å². The van der Waals surface area contributed by atoms with E-state index in [1.807, 2.05) is 6.07 Å². The highest BCUT2D eigenvalue weighted by Gasteiger charge is 2.21. The van der Waals surface area contributed by atoms with Crippen LogP contribution in [0.1, 0.15) is 51.0 Å². The highest BCUT2D eigenvalue weighted by molar-refractivity contribution is 9.10. The smallest absolute Gasteiger partial charge is 0.231 e. The van der Waals surface area contributed by atoms with Crippen molar-refractivity contribution in [3.63, 3.8) is 0 Å². The van der Waals surface area contributed by atoms with Crippen LogP contribution in [0, 0.1) is 5.92 Å². The molecule has 1 N–H and O–H groups in total. The summed E-state index contributed by atoms with van der Waals surface area (Å²) in [5.74, 6) is 2.66. The molecular weight excluding hydrogens is 330 g/mol. The number of rotatable bonds is 5. The molecule has 0 bridgehead atoms. The third kappa shape index (κ3) is 3.72. The summed E-state index contributed by atoms with van der Waals surface area (Å²) in [5, 5.41) is 3.71. The largest absolute Gasteiger partial charge is 0.454 e. The van der Waals surface area contributed by atoms with E-state index in [0.717, 1.165) is 28.4 Å². The molecule has 1 heterocycles. The van der Waals surface area contributed by atoms with Crippen LogP contribution in [0.15, 0.2) is 16.6 Å². The Hall–Kier alpha value is -0.740. The predicted octanol–water partition coefficient (Wildman–Crippen LogP) is 4.63. The van der Waals surface area contributed by atoms with Gasteiger partial charge >= 0.3 is 0 Å². The summed E-state index contributed by atoms with van der Waals surface area (Å²) in [6.45, 7) is 3.52. The van der Waals surface area contributed by atoms with Crippen LogP contribution in [-0.2, 0) is 6.54 Å². The molecular formula is C17H24BrNO2. The van der Waals surface area contributed by atoms with E-state index in [-0.39, 0.29) is 0 Å². The zero-order valence-electron chi connectivity index (χ0n) is 12.7. The molecule has 21 heavy (non-hydrogen) atoms. The Balaban J connectivity index is 1.52. The van der Waals surface area contributed by atoms with E-state index in [2.05, 4.69) is 34.2 Å². The minimum Gasteiger partial charge on any atom is -0.454 e. The summed E-state index contributed by atoms with van der Waals surface area (Å²) >= 11 is 3.63. The quantitative estimate of drug-likeness (QED) is 0.837. The normalized spacial score (nSPS) is 24.3. The molecule has 0 saturated heterocycles. The molecule has 1 aliphatic carbocycles. The van der Waals surface area contributed by atoms with Crippen molar-refractivity contribution < 1.29 is 9.47 Å². The van der Waals surface area contributed by atoms with Crippen molar-refractivity contribution in [2.24, 2.45) is 5.92 Å². The lowest BCUT2D eigenvalue weighted by Gasteiger charge is -2.29. The topological polar surface area (TPSA) is 30.5 Å². The summed E-state index contributed by atoms with van der Waals surface area (Å²) in [7, 11) is 0. The molecule has 3 nitrogen and oxygen atoms in total. The number of hydrogen-bond donors (Lipinski definition) is 1. The first-order valence-electron chi connectivity index (χ1n) is 8.07. The van der Waals surface area contributed by atoms with E-state index >= 15 is 0 Å². The Morgan fingerprint density at radius 2 is 1.86 bits per heavy atom. The minimum absolute atomic E-state index is 0.333. The molecule has 1 aromatic rings. The lowest BCUT2D eigenvalue weighted by molar-refractivity contribution is 0.174. The van der Waals surface area contributed by atoms with Crippen LogP contribution in [0.5, 0.6) is 11.5 Å². The summed E-state index contributed by atoms with van der Waals surface area (Å²) in [6, 6.07) is 4.76. The lowest BCUT2D eigenvalue weighted by atomic mass is 9.83. The molecule has 2 aliphatic rings. The number of nitrogens with one attached hydrogen (secondary N) is 1. The summed E-state index contributed by atoms with van der Waals surface area (Å²) < 4.78 is 11.9. The van der Waals surface area contributed by atoms with Crippen LogP contribution >= 0.6 is 15.9 Å². The van der Waals surface area contributed by atoms with Crippen molar-refractivity contribution in [3.05, 3.63) is 22.2 Å². The number of hydrogen-bond acceptors (Lipinski definition) is 3. The second-order valence-corrected chi connectivity index (χ2v) is 7.04. The number of fused-ring (bicyclic) bond motifs is 1. The molecule has 116 valence electrons. The van der Waals surface area contributed by atoms with Gasteiger partial charge in [0, 0.05) is 17.1 Å². The average molecular weight is 354 g/mol. The fraction of sp³-hybridized carbons (Fsp3) is 0.647. The highest BCUT2D eigenvalue weighted by Crippen LogP contribution is 2.37. The Morgan fingerprint density at radius 1 is 1.14 bits per heavy atom. The van der Waals surface area contributed by atoms with Crippen molar-refractivity contribution >= 4 is 15.9 Å². The first-order chi connectivity index (χ1) is 10.3. The summed E-state index contributed by atoms with van der Waals surface area (Å²) in [6.07, 6.45) is 8.12. The van der Waals surface area contributed by atoms with Gasteiger partial charge in [-0.25, -0.2) is 0 Å². The lowest BCUT2D eigenvalue weighted by Crippen LogP contribution is -2.32. The standard InChI is InChI=1S/C17H24BrNO2/c1-2-3-12-4-6-14(7-5-12)19-10-13-8-16-17(9-15(13)18)21-11-20-16/h8-9,12,14,19H,2-7,10-11H2,1H3. The maximum atomic E-state index is 5.46. The van der Waals surface area contributed by atoms with E-state index in [4.69, 9.17) is 9.47 Å². The first-order valence-corrected chi connectivity index (χ1v) is 8.87. The number of halogens is 1. The second-order valence-electron chi connectivity index (χ2n) is 6.18. The van der Waals surface area contributed by atoms with Crippen LogP contribution in [0.4, 0.5) is 0 Å². The van der Waals surface area contributed by atoms with E-state index in [0.29, 0.717) is 12.8 Å². The SMILES string of the molecule is CCCC1CCC(NCc2cc3c(cc2Br)OCO3)CC1. The third-order valence-corrected chi connectivity index (χ3v) is 5.40. The van der Waals surface area contributed by atoms with E-state index < -0.39 is 0 Å². The predicted molar refractivity (Wildman–Crippen MR) is 87.8 cm³/mol. The fourth-order valence-corrected chi connectivity index (χ4v) is 3.88. The van der Waals surface area contributed by atoms with Crippen molar-refractivity contribution in [2.45, 2.75) is 58.0 Å². The zero-order valence-corrected chi connectivity index (χ0v) is 14.2. The van der Waals surface area contributed by atoms with Gasteiger partial charge in [-0.15, -0.1) is 0 Å². The molecule has 1 fully saturated rings. The van der Waals surface area contributed by atoms with Crippen LogP contribution in [0.3, 0.4) is 0 Å². The Labute approximate surface area is 135 Å². The molecule has 1 saturated carbocycles. The fourth-order valence-electron chi connectivity index (χ4n) is 3.41. The third-order valence-electron chi connectivity index (χ3n) is 4.67. The van der Waals surface area contributed by atoms with E-state index in [1.165, 1.54) is 44.1 Å². The van der Waals surface area contributed by atoms with Gasteiger partial charge in [0.2, 0.25) is 6.79 Å². The molecule has 0 aromatic heterocycles. The molecule has 0 unspecified atom stereocenters. The van der Waals surface area contributed by atoms with Crippen molar-refractivity contribution in [2.75, 3.05) is 6.79 Å². The number of benzene rings is 1. The van der Waals surface area contributed by atoms with Crippen molar-refractivity contribution in [1.82, 2.24) is 5.32 Å². The molecule has 3 rings (SSSR count).